The molecular weight excluding hydrogens is 302 g/mol. The van der Waals surface area contributed by atoms with Crippen LogP contribution in [0.5, 0.6) is 0 Å². The Labute approximate surface area is 121 Å². The molecule has 1 aromatic rings. The highest BCUT2D eigenvalue weighted by Gasteiger charge is 2.29. The summed E-state index contributed by atoms with van der Waals surface area (Å²) in [5, 5.41) is 4.08. The molecule has 3 rings (SSSR count). The highest BCUT2D eigenvalue weighted by atomic mass is 33.1. The van der Waals surface area contributed by atoms with Crippen molar-refractivity contribution in [1.82, 2.24) is 0 Å². The summed E-state index contributed by atoms with van der Waals surface area (Å²) >= 11 is 6.83. The maximum absolute atomic E-state index is 5.45. The first-order valence-electron chi connectivity index (χ1n) is 5.20. The SMILES string of the molecule is CSC(=S)C1=NOS2=C1C=C(c1ccccc1)S2. The van der Waals surface area contributed by atoms with Crippen LogP contribution in [0.15, 0.2) is 41.6 Å². The topological polar surface area (TPSA) is 21.6 Å². The Morgan fingerprint density at radius 3 is 2.89 bits per heavy atom. The zero-order chi connectivity index (χ0) is 12.5. The molecule has 92 valence electrons. The molecule has 0 saturated heterocycles. The van der Waals surface area contributed by atoms with Crippen LogP contribution in [0.4, 0.5) is 0 Å². The lowest BCUT2D eigenvalue weighted by Gasteiger charge is -2.02. The van der Waals surface area contributed by atoms with E-state index in [1.165, 1.54) is 22.2 Å². The van der Waals surface area contributed by atoms with Crippen LogP contribution >= 0.6 is 44.6 Å². The first-order valence-corrected chi connectivity index (χ1v) is 9.32. The molecular formula is C12H9NOS4. The molecule has 18 heavy (non-hydrogen) atoms. The number of oxime groups is 1. The number of thioether (sulfide) groups is 1. The minimum atomic E-state index is -0.315. The lowest BCUT2D eigenvalue weighted by Crippen LogP contribution is -2.14. The van der Waals surface area contributed by atoms with Crippen LogP contribution in [-0.2, 0) is 4.28 Å². The second-order valence-electron chi connectivity index (χ2n) is 3.56. The highest BCUT2D eigenvalue weighted by Crippen LogP contribution is 2.51. The maximum Gasteiger partial charge on any atom is 0.145 e. The molecule has 0 aromatic heterocycles. The quantitative estimate of drug-likeness (QED) is 0.605. The van der Waals surface area contributed by atoms with Crippen LogP contribution in [-0.4, -0.2) is 21.0 Å². The summed E-state index contributed by atoms with van der Waals surface area (Å²) in [7, 11) is 1.40. The van der Waals surface area contributed by atoms with Crippen LogP contribution in [0, 0.1) is 0 Å². The summed E-state index contributed by atoms with van der Waals surface area (Å²) in [6.07, 6.45) is 4.11. The lowest BCUT2D eigenvalue weighted by atomic mass is 10.2. The Morgan fingerprint density at radius 2 is 2.17 bits per heavy atom. The van der Waals surface area contributed by atoms with Crippen molar-refractivity contribution in [1.29, 1.82) is 0 Å². The molecule has 2 aliphatic rings. The minimum Gasteiger partial charge on any atom is -0.319 e. The van der Waals surface area contributed by atoms with Gasteiger partial charge in [-0.1, -0.05) is 47.7 Å². The summed E-state index contributed by atoms with van der Waals surface area (Å²) in [4.78, 5) is 2.35. The fraction of sp³-hybridized carbons (Fsp3) is 0.0833. The number of allylic oxidation sites excluding steroid dienone is 1. The highest BCUT2D eigenvalue weighted by molar-refractivity contribution is 8.86. The van der Waals surface area contributed by atoms with Gasteiger partial charge in [0, 0.05) is 4.91 Å². The van der Waals surface area contributed by atoms with Crippen molar-refractivity contribution in [2.24, 2.45) is 5.16 Å². The monoisotopic (exact) mass is 311 g/mol. The largest absolute Gasteiger partial charge is 0.319 e. The van der Waals surface area contributed by atoms with Crippen molar-refractivity contribution in [3.8, 4) is 0 Å². The van der Waals surface area contributed by atoms with Gasteiger partial charge in [-0.25, -0.2) is 0 Å². The van der Waals surface area contributed by atoms with Crippen LogP contribution in [0.1, 0.15) is 5.56 Å². The van der Waals surface area contributed by atoms with Gasteiger partial charge in [-0.2, -0.15) is 0 Å². The van der Waals surface area contributed by atoms with E-state index in [0.717, 1.165) is 14.8 Å². The maximum atomic E-state index is 5.45. The number of rotatable bonds is 2. The van der Waals surface area contributed by atoms with Crippen molar-refractivity contribution in [3.05, 3.63) is 42.0 Å². The number of nitrogens with zero attached hydrogens (tertiary/aromatic N) is 1. The first-order chi connectivity index (χ1) is 8.79. The summed E-state index contributed by atoms with van der Waals surface area (Å²) in [5.41, 5.74) is 2.05. The predicted molar refractivity (Wildman–Crippen MR) is 89.2 cm³/mol. The molecule has 1 atom stereocenters. The molecule has 0 saturated carbocycles. The number of hydrogen-bond donors (Lipinski definition) is 0. The molecule has 0 N–H and O–H groups in total. The zero-order valence-corrected chi connectivity index (χ0v) is 12.7. The van der Waals surface area contributed by atoms with Gasteiger partial charge in [0.25, 0.3) is 0 Å². The van der Waals surface area contributed by atoms with Crippen molar-refractivity contribution < 1.29 is 4.28 Å². The Kier molecular flexibility index (Phi) is 3.61. The van der Waals surface area contributed by atoms with E-state index < -0.39 is 0 Å². The molecule has 6 heteroatoms. The first kappa shape index (κ1) is 12.5. The smallest absolute Gasteiger partial charge is 0.145 e. The standard InChI is InChI=1S/C12H9NOS4/c1-16-12(15)11-10-7-9(17-18(10)14-13-11)8-5-3-2-4-6-8/h2-7H,1H3. The van der Waals surface area contributed by atoms with Crippen LogP contribution in [0.2, 0.25) is 0 Å². The van der Waals surface area contributed by atoms with Gasteiger partial charge < -0.3 is 4.28 Å². The molecule has 0 spiro atoms. The van der Waals surface area contributed by atoms with Crippen molar-refractivity contribution in [3.63, 3.8) is 0 Å². The summed E-state index contributed by atoms with van der Waals surface area (Å²) in [5.74, 6) is 0. The predicted octanol–water partition coefficient (Wildman–Crippen LogP) is 4.12. The summed E-state index contributed by atoms with van der Waals surface area (Å²) < 4.78 is 6.25. The van der Waals surface area contributed by atoms with Gasteiger partial charge in [0.1, 0.15) is 9.91 Å². The van der Waals surface area contributed by atoms with Crippen molar-refractivity contribution in [2.75, 3.05) is 6.26 Å². The van der Waals surface area contributed by atoms with E-state index in [-0.39, 0.29) is 9.80 Å². The normalized spacial score (nSPS) is 21.2. The molecule has 1 aromatic carbocycles. The van der Waals surface area contributed by atoms with Crippen LogP contribution in [0.3, 0.4) is 0 Å². The fourth-order valence-corrected chi connectivity index (χ4v) is 5.47. The van der Waals surface area contributed by atoms with Crippen molar-refractivity contribution >= 4 is 64.2 Å². The molecule has 0 bridgehead atoms. The van der Waals surface area contributed by atoms with Crippen LogP contribution < -0.4 is 0 Å². The lowest BCUT2D eigenvalue weighted by molar-refractivity contribution is 0.416. The fourth-order valence-electron chi connectivity index (χ4n) is 1.60. The average Bonchev–Trinajstić information content (AvgIpc) is 2.98. The molecule has 2 heterocycles. The second kappa shape index (κ2) is 5.21. The average molecular weight is 311 g/mol. The van der Waals surface area contributed by atoms with Gasteiger partial charge in [0.15, 0.2) is 0 Å². The Bertz CT molecular complexity index is 604. The second-order valence-corrected chi connectivity index (χ2v) is 8.12. The summed E-state index contributed by atoms with van der Waals surface area (Å²) in [6, 6.07) is 10.3. The van der Waals surface area contributed by atoms with Crippen LogP contribution in [0.25, 0.3) is 4.91 Å². The molecule has 0 aliphatic carbocycles. The van der Waals surface area contributed by atoms with E-state index in [9.17, 15) is 0 Å². The summed E-state index contributed by atoms with van der Waals surface area (Å²) in [6.45, 7) is 0. The Morgan fingerprint density at radius 1 is 1.39 bits per heavy atom. The third kappa shape index (κ3) is 2.18. The third-order valence-corrected chi connectivity index (χ3v) is 7.01. The van der Waals surface area contributed by atoms with Gasteiger partial charge in [0.05, 0.1) is 14.7 Å². The van der Waals surface area contributed by atoms with E-state index >= 15 is 0 Å². The van der Waals surface area contributed by atoms with E-state index in [1.807, 2.05) is 24.5 Å². The number of thiocarbonyl (C=S) groups is 1. The molecule has 0 fully saturated rings. The molecule has 2 aliphatic heterocycles. The van der Waals surface area contributed by atoms with E-state index in [4.69, 9.17) is 16.5 Å². The molecule has 1 unspecified atom stereocenters. The number of benzene rings is 1. The Hall–Kier alpha value is -0.560. The zero-order valence-electron chi connectivity index (χ0n) is 9.45. The van der Waals surface area contributed by atoms with Gasteiger partial charge in [-0.3, -0.25) is 0 Å². The third-order valence-electron chi connectivity index (χ3n) is 2.47. The minimum absolute atomic E-state index is 0.315. The Balaban J connectivity index is 1.91. The molecule has 0 radical (unpaired) electrons. The van der Waals surface area contributed by atoms with Gasteiger partial charge in [-0.15, -0.1) is 11.8 Å². The van der Waals surface area contributed by atoms with E-state index in [2.05, 4.69) is 23.4 Å². The van der Waals surface area contributed by atoms with Gasteiger partial charge >= 0.3 is 0 Å². The van der Waals surface area contributed by atoms with Crippen molar-refractivity contribution in [2.45, 2.75) is 0 Å². The van der Waals surface area contributed by atoms with E-state index in [1.54, 1.807) is 10.8 Å². The molecule has 0 amide bonds. The number of hydrogen-bond acceptors (Lipinski definition) is 5. The molecule has 2 nitrogen and oxygen atoms in total. The van der Waals surface area contributed by atoms with E-state index in [0.29, 0.717) is 0 Å². The van der Waals surface area contributed by atoms with Gasteiger partial charge in [-0.05, 0) is 28.7 Å². The van der Waals surface area contributed by atoms with Gasteiger partial charge in [0.2, 0.25) is 0 Å².